The molecule has 1 unspecified atom stereocenters. The maximum Gasteiger partial charge on any atom is 0.0882 e. The van der Waals surface area contributed by atoms with Gasteiger partial charge in [0.25, 0.3) is 0 Å². The summed E-state index contributed by atoms with van der Waals surface area (Å²) >= 11 is 8.54. The fraction of sp³-hybridized carbons (Fsp3) is 0.667. The fourth-order valence-corrected chi connectivity index (χ4v) is 4.47. The van der Waals surface area contributed by atoms with E-state index in [1.54, 1.807) is 11.3 Å². The van der Waals surface area contributed by atoms with Crippen molar-refractivity contribution in [2.45, 2.75) is 44.6 Å². The molecule has 1 nitrogen and oxygen atoms in total. The van der Waals surface area contributed by atoms with Crippen LogP contribution in [0.4, 0.5) is 0 Å². The Morgan fingerprint density at radius 2 is 2.06 bits per heavy atom. The predicted octanol–water partition coefficient (Wildman–Crippen LogP) is 5.28. The van der Waals surface area contributed by atoms with Crippen LogP contribution in [0.25, 0.3) is 0 Å². The normalized spacial score (nSPS) is 19.2. The molecule has 0 spiro atoms. The van der Waals surface area contributed by atoms with E-state index in [1.807, 2.05) is 6.07 Å². The highest BCUT2D eigenvalue weighted by atomic mass is 79.9. The summed E-state index contributed by atoms with van der Waals surface area (Å²) in [6.45, 7) is 0. The number of aliphatic hydroxyl groups excluding tert-OH is 1. The van der Waals surface area contributed by atoms with Gasteiger partial charge in [0, 0.05) is 9.35 Å². The molecule has 1 atom stereocenters. The zero-order chi connectivity index (χ0) is 11.5. The van der Waals surface area contributed by atoms with E-state index in [4.69, 9.17) is 0 Å². The lowest BCUT2D eigenvalue weighted by Crippen LogP contribution is -1.99. The molecule has 2 rings (SSSR count). The van der Waals surface area contributed by atoms with Crippen molar-refractivity contribution in [3.8, 4) is 0 Å². The minimum Gasteiger partial charge on any atom is -0.388 e. The molecule has 1 heterocycles. The molecule has 0 radical (unpaired) electrons. The topological polar surface area (TPSA) is 20.2 Å². The highest BCUT2D eigenvalue weighted by molar-refractivity contribution is 9.13. The molecule has 1 N–H and O–H groups in total. The van der Waals surface area contributed by atoms with Gasteiger partial charge in [-0.3, -0.25) is 0 Å². The van der Waals surface area contributed by atoms with E-state index < -0.39 is 0 Å². The molecule has 1 aliphatic carbocycles. The van der Waals surface area contributed by atoms with Crippen molar-refractivity contribution in [2.75, 3.05) is 0 Å². The standard InChI is InChI=1S/C12H16Br2OS/c13-9-7-11(16-12(9)14)10(15)6-5-8-3-1-2-4-8/h7-8,10,15H,1-6H2. The SMILES string of the molecule is OC(CCC1CCCC1)c1cc(Br)c(Br)s1. The molecule has 1 saturated carbocycles. The Morgan fingerprint density at radius 3 is 2.62 bits per heavy atom. The third-order valence-corrected chi connectivity index (χ3v) is 6.67. The molecule has 1 aromatic rings. The van der Waals surface area contributed by atoms with E-state index in [9.17, 15) is 5.11 Å². The highest BCUT2D eigenvalue weighted by Crippen LogP contribution is 2.38. The highest BCUT2D eigenvalue weighted by Gasteiger charge is 2.18. The lowest BCUT2D eigenvalue weighted by Gasteiger charge is -2.12. The third-order valence-electron chi connectivity index (χ3n) is 3.32. The van der Waals surface area contributed by atoms with Crippen LogP contribution in [-0.2, 0) is 0 Å². The zero-order valence-corrected chi connectivity index (χ0v) is 13.1. The van der Waals surface area contributed by atoms with Gasteiger partial charge in [-0.05, 0) is 56.7 Å². The molecule has 0 aliphatic heterocycles. The van der Waals surface area contributed by atoms with Crippen LogP contribution in [0.15, 0.2) is 14.3 Å². The number of thiophene rings is 1. The first-order chi connectivity index (χ1) is 7.66. The van der Waals surface area contributed by atoms with Crippen molar-refractivity contribution in [1.29, 1.82) is 0 Å². The van der Waals surface area contributed by atoms with Crippen LogP contribution in [0.5, 0.6) is 0 Å². The van der Waals surface area contributed by atoms with Crippen molar-refractivity contribution in [3.63, 3.8) is 0 Å². The zero-order valence-electron chi connectivity index (χ0n) is 9.09. The lowest BCUT2D eigenvalue weighted by molar-refractivity contribution is 0.160. The predicted molar refractivity (Wildman–Crippen MR) is 75.9 cm³/mol. The summed E-state index contributed by atoms with van der Waals surface area (Å²) in [5, 5.41) is 10.1. The van der Waals surface area contributed by atoms with Gasteiger partial charge in [0.05, 0.1) is 9.89 Å². The summed E-state index contributed by atoms with van der Waals surface area (Å²) in [6, 6.07) is 2.02. The smallest absolute Gasteiger partial charge is 0.0882 e. The maximum atomic E-state index is 10.1. The van der Waals surface area contributed by atoms with Crippen molar-refractivity contribution < 1.29 is 5.11 Å². The summed E-state index contributed by atoms with van der Waals surface area (Å²) < 4.78 is 2.12. The number of halogens is 2. The molecular weight excluding hydrogens is 352 g/mol. The first-order valence-electron chi connectivity index (χ1n) is 5.79. The quantitative estimate of drug-likeness (QED) is 0.767. The van der Waals surface area contributed by atoms with E-state index >= 15 is 0 Å². The van der Waals surface area contributed by atoms with Gasteiger partial charge in [-0.15, -0.1) is 11.3 Å². The van der Waals surface area contributed by atoms with Gasteiger partial charge in [-0.25, -0.2) is 0 Å². The van der Waals surface area contributed by atoms with Crippen LogP contribution >= 0.6 is 43.2 Å². The van der Waals surface area contributed by atoms with E-state index in [2.05, 4.69) is 31.9 Å². The van der Waals surface area contributed by atoms with Crippen LogP contribution in [0.1, 0.15) is 49.5 Å². The summed E-state index contributed by atoms with van der Waals surface area (Å²) in [6.07, 6.45) is 7.30. The molecular formula is C12H16Br2OS. The van der Waals surface area contributed by atoms with Crippen LogP contribution in [0.2, 0.25) is 0 Å². The second-order valence-corrected chi connectivity index (χ2v) is 7.77. The first-order valence-corrected chi connectivity index (χ1v) is 8.20. The monoisotopic (exact) mass is 366 g/mol. The van der Waals surface area contributed by atoms with Gasteiger partial charge in [0.15, 0.2) is 0 Å². The summed E-state index contributed by atoms with van der Waals surface area (Å²) in [4.78, 5) is 1.07. The number of hydrogen-bond donors (Lipinski definition) is 1. The first kappa shape index (κ1) is 13.1. The number of aliphatic hydroxyl groups is 1. The minimum atomic E-state index is -0.284. The van der Waals surface area contributed by atoms with E-state index in [1.165, 1.54) is 32.1 Å². The Kier molecular flexibility index (Phi) is 4.89. The Bertz CT molecular complexity index is 325. The van der Waals surface area contributed by atoms with Crippen molar-refractivity contribution in [3.05, 3.63) is 19.2 Å². The van der Waals surface area contributed by atoms with Crippen molar-refractivity contribution >= 4 is 43.2 Å². The molecule has 16 heavy (non-hydrogen) atoms. The fourth-order valence-electron chi connectivity index (χ4n) is 2.36. The molecule has 1 fully saturated rings. The lowest BCUT2D eigenvalue weighted by atomic mass is 9.99. The van der Waals surface area contributed by atoms with Gasteiger partial charge in [0.1, 0.15) is 0 Å². The average molecular weight is 368 g/mol. The molecule has 1 aliphatic rings. The minimum absolute atomic E-state index is 0.284. The summed E-state index contributed by atoms with van der Waals surface area (Å²) in [7, 11) is 0. The van der Waals surface area contributed by atoms with Crippen LogP contribution in [-0.4, -0.2) is 5.11 Å². The molecule has 4 heteroatoms. The molecule has 0 saturated heterocycles. The number of rotatable bonds is 4. The van der Waals surface area contributed by atoms with Gasteiger partial charge in [-0.2, -0.15) is 0 Å². The Morgan fingerprint density at radius 1 is 1.38 bits per heavy atom. The molecule has 90 valence electrons. The maximum absolute atomic E-state index is 10.1. The Hall–Kier alpha value is 0.620. The summed E-state index contributed by atoms with van der Waals surface area (Å²) in [5.74, 6) is 0.862. The third kappa shape index (κ3) is 3.31. The molecule has 0 aromatic carbocycles. The van der Waals surface area contributed by atoms with E-state index in [0.717, 1.165) is 25.5 Å². The van der Waals surface area contributed by atoms with E-state index in [0.29, 0.717) is 0 Å². The Labute approximate surface area is 118 Å². The molecule has 0 bridgehead atoms. The van der Waals surface area contributed by atoms with E-state index in [-0.39, 0.29) is 6.10 Å². The second kappa shape index (κ2) is 5.98. The van der Waals surface area contributed by atoms with Crippen LogP contribution in [0, 0.1) is 5.92 Å². The van der Waals surface area contributed by atoms with Crippen LogP contribution in [0.3, 0.4) is 0 Å². The van der Waals surface area contributed by atoms with Gasteiger partial charge < -0.3 is 5.11 Å². The average Bonchev–Trinajstić information content (AvgIpc) is 2.86. The van der Waals surface area contributed by atoms with Crippen LogP contribution < -0.4 is 0 Å². The molecule has 1 aromatic heterocycles. The second-order valence-electron chi connectivity index (χ2n) is 4.51. The largest absolute Gasteiger partial charge is 0.388 e. The molecule has 0 amide bonds. The van der Waals surface area contributed by atoms with Crippen molar-refractivity contribution in [1.82, 2.24) is 0 Å². The Balaban J connectivity index is 1.84. The van der Waals surface area contributed by atoms with Gasteiger partial charge in [-0.1, -0.05) is 25.7 Å². The summed E-state index contributed by atoms with van der Waals surface area (Å²) in [5.41, 5.74) is 0. The number of hydrogen-bond acceptors (Lipinski definition) is 2. The van der Waals surface area contributed by atoms with Gasteiger partial charge in [0.2, 0.25) is 0 Å². The van der Waals surface area contributed by atoms with Crippen molar-refractivity contribution in [2.24, 2.45) is 5.92 Å². The van der Waals surface area contributed by atoms with Gasteiger partial charge >= 0.3 is 0 Å².